The van der Waals surface area contributed by atoms with Gasteiger partial charge in [0.25, 0.3) is 0 Å². The number of rotatable bonds is 4. The van der Waals surface area contributed by atoms with Gasteiger partial charge in [-0.05, 0) is 44.7 Å². The molecule has 0 bridgehead atoms. The van der Waals surface area contributed by atoms with Crippen LogP contribution in [0.5, 0.6) is 0 Å². The molecular weight excluding hydrogens is 234 g/mol. The fourth-order valence-electron chi connectivity index (χ4n) is 2.17. The smallest absolute Gasteiger partial charge is 0.242 e. The summed E-state index contributed by atoms with van der Waals surface area (Å²) in [5.41, 5.74) is 2.16. The van der Waals surface area contributed by atoms with Gasteiger partial charge in [-0.1, -0.05) is 17.7 Å². The van der Waals surface area contributed by atoms with E-state index in [9.17, 15) is 4.79 Å². The third kappa shape index (κ3) is 2.81. The van der Waals surface area contributed by atoms with Crippen molar-refractivity contribution in [3.05, 3.63) is 29.8 Å². The van der Waals surface area contributed by atoms with Crippen molar-refractivity contribution in [1.29, 1.82) is 0 Å². The van der Waals surface area contributed by atoms with Gasteiger partial charge in [0.05, 0.1) is 0 Å². The number of carbonyl (C=O) groups excluding carboxylic acids is 1. The second-order valence-corrected chi connectivity index (χ2v) is 5.08. The van der Waals surface area contributed by atoms with Gasteiger partial charge in [0.1, 0.15) is 5.88 Å². The molecule has 1 amide bonds. The first-order valence-electron chi connectivity index (χ1n) is 6.08. The molecule has 1 aromatic carbocycles. The lowest BCUT2D eigenvalue weighted by atomic mass is 10.1. The average molecular weight is 252 g/mol. The van der Waals surface area contributed by atoms with Crippen molar-refractivity contribution in [1.82, 2.24) is 0 Å². The number of benzene rings is 1. The highest BCUT2D eigenvalue weighted by atomic mass is 35.5. The molecule has 0 unspecified atom stereocenters. The fourth-order valence-corrected chi connectivity index (χ4v) is 2.29. The molecule has 0 heterocycles. The minimum atomic E-state index is -0.00470. The van der Waals surface area contributed by atoms with Gasteiger partial charge < -0.3 is 4.90 Å². The van der Waals surface area contributed by atoms with E-state index in [4.69, 9.17) is 11.6 Å². The number of hydrogen-bond acceptors (Lipinski definition) is 1. The van der Waals surface area contributed by atoms with Crippen molar-refractivity contribution in [3.8, 4) is 0 Å². The average Bonchev–Trinajstić information content (AvgIpc) is 3.15. The Morgan fingerprint density at radius 3 is 2.47 bits per heavy atom. The standard InChI is InChI=1S/C14H18ClNO/c1-10-3-7-13(8-4-10)16(14(17)9-15)11(2)12-5-6-12/h3-4,7-8,11-12H,5-6,9H2,1-2H3/t11-/m0/s1. The molecule has 1 aliphatic carbocycles. The summed E-state index contributed by atoms with van der Waals surface area (Å²) in [6.45, 7) is 4.16. The number of aryl methyl sites for hydroxylation is 1. The van der Waals surface area contributed by atoms with Gasteiger partial charge in [-0.2, -0.15) is 0 Å². The summed E-state index contributed by atoms with van der Waals surface area (Å²) in [5.74, 6) is 0.684. The second kappa shape index (κ2) is 5.09. The first-order valence-corrected chi connectivity index (χ1v) is 6.61. The summed E-state index contributed by atoms with van der Waals surface area (Å²) < 4.78 is 0. The molecule has 1 saturated carbocycles. The first kappa shape index (κ1) is 12.4. The molecule has 0 saturated heterocycles. The van der Waals surface area contributed by atoms with Crippen LogP contribution in [0.2, 0.25) is 0 Å². The van der Waals surface area contributed by atoms with E-state index >= 15 is 0 Å². The largest absolute Gasteiger partial charge is 0.308 e. The Morgan fingerprint density at radius 2 is 2.00 bits per heavy atom. The molecule has 2 rings (SSSR count). The number of alkyl halides is 1. The van der Waals surface area contributed by atoms with Crippen LogP contribution in [-0.2, 0) is 4.79 Å². The van der Waals surface area contributed by atoms with Crippen LogP contribution in [0.4, 0.5) is 5.69 Å². The third-order valence-electron chi connectivity index (χ3n) is 3.41. The Morgan fingerprint density at radius 1 is 1.41 bits per heavy atom. The maximum atomic E-state index is 12.0. The summed E-state index contributed by atoms with van der Waals surface area (Å²) in [7, 11) is 0. The molecule has 0 aromatic heterocycles. The van der Waals surface area contributed by atoms with E-state index in [1.54, 1.807) is 0 Å². The molecule has 3 heteroatoms. The van der Waals surface area contributed by atoms with Crippen LogP contribution in [0.3, 0.4) is 0 Å². The van der Waals surface area contributed by atoms with Crippen molar-refractivity contribution in [3.63, 3.8) is 0 Å². The van der Waals surface area contributed by atoms with E-state index in [0.717, 1.165) is 5.69 Å². The van der Waals surface area contributed by atoms with Crippen LogP contribution in [-0.4, -0.2) is 17.8 Å². The minimum absolute atomic E-state index is 0.00470. The normalized spacial score (nSPS) is 16.6. The predicted molar refractivity (Wildman–Crippen MR) is 71.6 cm³/mol. The van der Waals surface area contributed by atoms with Gasteiger partial charge in [0, 0.05) is 11.7 Å². The van der Waals surface area contributed by atoms with Crippen LogP contribution in [0.1, 0.15) is 25.3 Å². The lowest BCUT2D eigenvalue weighted by molar-refractivity contribution is -0.116. The Hall–Kier alpha value is -1.02. The highest BCUT2D eigenvalue weighted by Gasteiger charge is 2.34. The molecule has 0 radical (unpaired) electrons. The Balaban J connectivity index is 2.25. The van der Waals surface area contributed by atoms with Gasteiger partial charge in [0.15, 0.2) is 0 Å². The number of halogens is 1. The first-order chi connectivity index (χ1) is 8.13. The molecule has 1 aromatic rings. The number of nitrogens with zero attached hydrogens (tertiary/aromatic N) is 1. The summed E-state index contributed by atoms with van der Waals surface area (Å²) in [4.78, 5) is 13.8. The van der Waals surface area contributed by atoms with Crippen LogP contribution in [0.25, 0.3) is 0 Å². The molecule has 0 spiro atoms. The number of carbonyl (C=O) groups is 1. The summed E-state index contributed by atoms with van der Waals surface area (Å²) in [6.07, 6.45) is 2.44. The SMILES string of the molecule is Cc1ccc(N(C(=O)CCl)[C@@H](C)C2CC2)cc1. The maximum absolute atomic E-state index is 12.0. The highest BCUT2D eigenvalue weighted by molar-refractivity contribution is 6.29. The Kier molecular flexibility index (Phi) is 3.72. The molecule has 0 N–H and O–H groups in total. The Labute approximate surface area is 108 Å². The van der Waals surface area contributed by atoms with Crippen molar-refractivity contribution >= 4 is 23.2 Å². The molecule has 0 aliphatic heterocycles. The van der Waals surface area contributed by atoms with Gasteiger partial charge >= 0.3 is 0 Å². The van der Waals surface area contributed by atoms with Crippen molar-refractivity contribution in [2.75, 3.05) is 10.8 Å². The number of hydrogen-bond donors (Lipinski definition) is 0. The zero-order chi connectivity index (χ0) is 12.4. The summed E-state index contributed by atoms with van der Waals surface area (Å²) in [5, 5.41) is 0. The van der Waals surface area contributed by atoms with E-state index in [1.807, 2.05) is 36.1 Å². The van der Waals surface area contributed by atoms with E-state index in [-0.39, 0.29) is 17.8 Å². The van der Waals surface area contributed by atoms with Gasteiger partial charge in [-0.15, -0.1) is 11.6 Å². The summed E-state index contributed by atoms with van der Waals surface area (Å²) >= 11 is 5.71. The predicted octanol–water partition coefficient (Wildman–Crippen LogP) is 3.37. The maximum Gasteiger partial charge on any atom is 0.242 e. The van der Waals surface area contributed by atoms with E-state index in [1.165, 1.54) is 18.4 Å². The van der Waals surface area contributed by atoms with Gasteiger partial charge in [-0.3, -0.25) is 4.79 Å². The van der Waals surface area contributed by atoms with Gasteiger partial charge in [-0.25, -0.2) is 0 Å². The zero-order valence-electron chi connectivity index (χ0n) is 10.3. The fraction of sp³-hybridized carbons (Fsp3) is 0.500. The molecular formula is C14H18ClNO. The molecule has 17 heavy (non-hydrogen) atoms. The molecule has 1 fully saturated rings. The van der Waals surface area contributed by atoms with Crippen LogP contribution < -0.4 is 4.90 Å². The van der Waals surface area contributed by atoms with Crippen LogP contribution in [0.15, 0.2) is 24.3 Å². The quantitative estimate of drug-likeness (QED) is 0.752. The topological polar surface area (TPSA) is 20.3 Å². The van der Waals surface area contributed by atoms with Crippen LogP contribution in [0, 0.1) is 12.8 Å². The zero-order valence-corrected chi connectivity index (χ0v) is 11.1. The van der Waals surface area contributed by atoms with Crippen molar-refractivity contribution in [2.45, 2.75) is 32.7 Å². The van der Waals surface area contributed by atoms with E-state index in [0.29, 0.717) is 5.92 Å². The number of anilines is 1. The lowest BCUT2D eigenvalue weighted by Gasteiger charge is -2.29. The highest BCUT2D eigenvalue weighted by Crippen LogP contribution is 2.37. The van der Waals surface area contributed by atoms with Crippen molar-refractivity contribution in [2.24, 2.45) is 5.92 Å². The Bertz CT molecular complexity index is 397. The van der Waals surface area contributed by atoms with E-state index in [2.05, 4.69) is 6.92 Å². The van der Waals surface area contributed by atoms with Crippen LogP contribution >= 0.6 is 11.6 Å². The van der Waals surface area contributed by atoms with Crippen molar-refractivity contribution < 1.29 is 4.79 Å². The molecule has 1 aliphatic rings. The number of amides is 1. The molecule has 2 nitrogen and oxygen atoms in total. The van der Waals surface area contributed by atoms with E-state index < -0.39 is 0 Å². The monoisotopic (exact) mass is 251 g/mol. The molecule has 92 valence electrons. The molecule has 1 atom stereocenters. The second-order valence-electron chi connectivity index (χ2n) is 4.81. The third-order valence-corrected chi connectivity index (χ3v) is 3.64. The lowest BCUT2D eigenvalue weighted by Crippen LogP contribution is -2.40. The van der Waals surface area contributed by atoms with Gasteiger partial charge in [0.2, 0.25) is 5.91 Å². The summed E-state index contributed by atoms with van der Waals surface area (Å²) in [6, 6.07) is 8.31. The minimum Gasteiger partial charge on any atom is -0.308 e.